The fourth-order valence-electron chi connectivity index (χ4n) is 9.63. The minimum absolute atomic E-state index is 0. The van der Waals surface area contributed by atoms with Crippen LogP contribution in [0.15, 0.2) is 170 Å². The summed E-state index contributed by atoms with van der Waals surface area (Å²) >= 11 is 0. The van der Waals surface area contributed by atoms with Gasteiger partial charge >= 0.3 is 66.5 Å². The second kappa shape index (κ2) is 26.5. The van der Waals surface area contributed by atoms with Gasteiger partial charge in [0.1, 0.15) is 0 Å². The molecular formula is C60H42F24FeN2P2. The number of nitrogens with zero attached hydrogens (tertiary/aromatic N) is 2. The molecular weight excluding hydrogens is 1320 g/mol. The van der Waals surface area contributed by atoms with Crippen molar-refractivity contribution in [3.05, 3.63) is 237 Å². The summed E-state index contributed by atoms with van der Waals surface area (Å²) in [5.74, 6) is 0. The SMILES string of the molecule is CN(C)[C@@H](c1ccccc1)c1cc[cH-]c1P(c1cc(C(F)(F)F)cc(C(F)(F)F)c1)c1cc(C(F)(F)F)cc(C(F)(F)F)c1.CN(C)[C@H](c1ccccc1)c1cc[cH-]c1P(c1cc(C(F)(F)F)cc(C(F)(F)F)c1)c1cc(C(F)(F)F)cc(C(F)(F)F)c1.[Fe+2]. The minimum atomic E-state index is -5.31. The van der Waals surface area contributed by atoms with E-state index in [2.05, 4.69) is 0 Å². The number of hydrogen-bond donors (Lipinski definition) is 0. The summed E-state index contributed by atoms with van der Waals surface area (Å²) in [6, 6.07) is 25.9. The molecule has 0 spiro atoms. The second-order valence-electron chi connectivity index (χ2n) is 20.0. The van der Waals surface area contributed by atoms with Gasteiger partial charge < -0.3 is 9.80 Å². The Kier molecular flexibility index (Phi) is 21.3. The smallest absolute Gasteiger partial charge is 0.310 e. The van der Waals surface area contributed by atoms with E-state index in [0.717, 1.165) is 0 Å². The van der Waals surface area contributed by atoms with Crippen LogP contribution in [0.1, 0.15) is 78.8 Å². The van der Waals surface area contributed by atoms with Gasteiger partial charge in [-0.1, -0.05) is 60.7 Å². The van der Waals surface area contributed by atoms with Crippen LogP contribution in [-0.4, -0.2) is 38.0 Å². The maximum atomic E-state index is 13.9. The van der Waals surface area contributed by atoms with Crippen LogP contribution >= 0.6 is 15.8 Å². The largest absolute Gasteiger partial charge is 2.00 e. The summed E-state index contributed by atoms with van der Waals surface area (Å²) in [7, 11) is 0.764. The van der Waals surface area contributed by atoms with Crippen molar-refractivity contribution >= 4 is 47.7 Å². The third kappa shape index (κ3) is 17.2. The van der Waals surface area contributed by atoms with E-state index in [1.165, 1.54) is 36.4 Å². The predicted molar refractivity (Wildman–Crippen MR) is 285 cm³/mol. The molecule has 0 heterocycles. The molecule has 0 unspecified atom stereocenters. The van der Waals surface area contributed by atoms with Crippen molar-refractivity contribution in [3.8, 4) is 0 Å². The summed E-state index contributed by atoms with van der Waals surface area (Å²) in [6.07, 6.45) is -42.5. The van der Waals surface area contributed by atoms with Crippen LogP contribution in [0.5, 0.6) is 0 Å². The van der Waals surface area contributed by atoms with Crippen molar-refractivity contribution in [1.29, 1.82) is 0 Å². The van der Waals surface area contributed by atoms with Crippen LogP contribution in [0.25, 0.3) is 0 Å². The quantitative estimate of drug-likeness (QED) is 0.0521. The standard InChI is InChI=1S/2C30H21F12NP.Fe/c2*1-43(2)26(17-7-4-3-5-8-17)24-9-6-10-25(24)44(22-13-18(27(31,32)33)11-19(14-22)28(34,35)36)23-15-20(29(37,38)39)12-21(16-23)30(40,41)42;/h2*3-16,26H,1-2H3;/q2*-1;+2/t2*26-;/m10./s1. The van der Waals surface area contributed by atoms with Gasteiger partial charge in [-0.25, -0.2) is 12.1 Å². The Bertz CT molecular complexity index is 3160. The van der Waals surface area contributed by atoms with Crippen LogP contribution in [0.4, 0.5) is 105 Å². The van der Waals surface area contributed by atoms with Crippen molar-refractivity contribution in [1.82, 2.24) is 9.80 Å². The van der Waals surface area contributed by atoms with E-state index in [9.17, 15) is 105 Å². The Hall–Kier alpha value is -6.36. The topological polar surface area (TPSA) is 6.48 Å². The first-order valence-electron chi connectivity index (χ1n) is 25.1. The molecule has 8 aromatic carbocycles. The Morgan fingerprint density at radius 1 is 0.292 bits per heavy atom. The molecule has 2 nitrogen and oxygen atoms in total. The molecule has 29 heteroatoms. The number of halogens is 24. The Labute approximate surface area is 504 Å². The van der Waals surface area contributed by atoms with E-state index in [1.54, 1.807) is 98.7 Å². The maximum Gasteiger partial charge on any atom is 2.00 e. The molecule has 0 aromatic heterocycles. The minimum Gasteiger partial charge on any atom is -0.310 e. The van der Waals surface area contributed by atoms with Gasteiger partial charge in [-0.15, -0.1) is 10.6 Å². The van der Waals surface area contributed by atoms with Gasteiger partial charge in [0.15, 0.2) is 0 Å². The zero-order valence-electron chi connectivity index (χ0n) is 45.5. The fraction of sp³-hybridized carbons (Fsp3) is 0.233. The molecule has 0 N–H and O–H groups in total. The van der Waals surface area contributed by atoms with Crippen LogP contribution in [-0.2, 0) is 66.5 Å². The maximum absolute atomic E-state index is 13.9. The Morgan fingerprint density at radius 3 is 0.652 bits per heavy atom. The number of rotatable bonds is 12. The molecule has 0 amide bonds. The van der Waals surface area contributed by atoms with Crippen molar-refractivity contribution < 1.29 is 122 Å². The Balaban J connectivity index is 0.000000281. The van der Waals surface area contributed by atoms with E-state index in [-0.39, 0.29) is 63.1 Å². The molecule has 2 atom stereocenters. The van der Waals surface area contributed by atoms with E-state index in [1.807, 2.05) is 0 Å². The van der Waals surface area contributed by atoms with Gasteiger partial charge in [0.25, 0.3) is 0 Å². The molecule has 0 fully saturated rings. The zero-order valence-corrected chi connectivity index (χ0v) is 48.4. The van der Waals surface area contributed by atoms with Crippen molar-refractivity contribution in [2.45, 2.75) is 61.5 Å². The average molecular weight is 1360 g/mol. The molecule has 8 aromatic rings. The molecule has 0 bridgehead atoms. The zero-order chi connectivity index (χ0) is 65.7. The van der Waals surface area contributed by atoms with E-state index >= 15 is 0 Å². The summed E-state index contributed by atoms with van der Waals surface area (Å²) in [5, 5.41) is -2.94. The van der Waals surface area contributed by atoms with E-state index < -0.39 is 143 Å². The molecule has 0 saturated carbocycles. The van der Waals surface area contributed by atoms with Crippen molar-refractivity contribution in [3.63, 3.8) is 0 Å². The van der Waals surface area contributed by atoms with Crippen LogP contribution < -0.4 is 31.8 Å². The first-order chi connectivity index (χ1) is 40.3. The van der Waals surface area contributed by atoms with Gasteiger partial charge in [-0.05, 0) is 149 Å². The molecule has 89 heavy (non-hydrogen) atoms. The third-order valence-corrected chi connectivity index (χ3v) is 18.2. The van der Waals surface area contributed by atoms with Gasteiger partial charge in [0.05, 0.1) is 44.5 Å². The molecule has 0 aliphatic carbocycles. The predicted octanol–water partition coefficient (Wildman–Crippen LogP) is 17.8. The number of alkyl halides is 24. The molecule has 0 aliphatic rings. The molecule has 478 valence electrons. The van der Waals surface area contributed by atoms with E-state index in [0.29, 0.717) is 59.7 Å². The molecule has 0 saturated heterocycles. The van der Waals surface area contributed by atoms with Gasteiger partial charge in [0, 0.05) is 12.1 Å². The monoisotopic (exact) mass is 1360 g/mol. The summed E-state index contributed by atoms with van der Waals surface area (Å²) in [4.78, 5) is 3.31. The second-order valence-corrected chi connectivity index (χ2v) is 24.4. The summed E-state index contributed by atoms with van der Waals surface area (Å²) < 4.78 is 333. The van der Waals surface area contributed by atoms with Crippen LogP contribution in [0.2, 0.25) is 0 Å². The number of hydrogen-bond acceptors (Lipinski definition) is 2. The molecule has 0 aliphatic heterocycles. The van der Waals surface area contributed by atoms with Crippen molar-refractivity contribution in [2.75, 3.05) is 28.2 Å². The summed E-state index contributed by atoms with van der Waals surface area (Å²) in [5.41, 5.74) is -12.2. The average Bonchev–Trinajstić information content (AvgIpc) is 1.84. The van der Waals surface area contributed by atoms with Gasteiger partial charge in [0.2, 0.25) is 0 Å². The first kappa shape index (κ1) is 71.7. The van der Waals surface area contributed by atoms with Gasteiger partial charge in [-0.2, -0.15) is 141 Å². The molecule has 8 rings (SSSR count). The van der Waals surface area contributed by atoms with Crippen LogP contribution in [0.3, 0.4) is 0 Å². The summed E-state index contributed by atoms with van der Waals surface area (Å²) in [6.45, 7) is 0. The Morgan fingerprint density at radius 2 is 0.483 bits per heavy atom. The van der Waals surface area contributed by atoms with Crippen molar-refractivity contribution in [2.24, 2.45) is 0 Å². The normalized spacial score (nSPS) is 13.8. The first-order valence-corrected chi connectivity index (χ1v) is 27.8. The van der Waals surface area contributed by atoms with Crippen LogP contribution in [0, 0.1) is 0 Å². The van der Waals surface area contributed by atoms with Gasteiger partial charge in [-0.3, -0.25) is 0 Å². The third-order valence-electron chi connectivity index (χ3n) is 13.3. The number of benzene rings is 6. The molecule has 0 radical (unpaired) electrons. The fourth-order valence-corrected chi connectivity index (χ4v) is 14.9. The van der Waals surface area contributed by atoms with E-state index in [4.69, 9.17) is 0 Å².